The molecule has 1 aliphatic rings. The van der Waals surface area contributed by atoms with E-state index < -0.39 is 0 Å². The van der Waals surface area contributed by atoms with Gasteiger partial charge in [-0.25, -0.2) is 9.97 Å². The molecule has 0 saturated heterocycles. The first kappa shape index (κ1) is 47.1. The van der Waals surface area contributed by atoms with Crippen molar-refractivity contribution in [2.24, 2.45) is 0 Å². The van der Waals surface area contributed by atoms with Crippen molar-refractivity contribution in [3.05, 3.63) is 179 Å². The minimum atomic E-state index is -0.0307. The number of aromatic nitrogens is 2. The minimum absolute atomic E-state index is 0.0307. The van der Waals surface area contributed by atoms with Gasteiger partial charge in [-0.2, -0.15) is 0 Å². The maximum atomic E-state index is 5.69. The summed E-state index contributed by atoms with van der Waals surface area (Å²) < 4.78 is 2.64. The number of fused-ring (bicyclic) bond motifs is 6. The van der Waals surface area contributed by atoms with Gasteiger partial charge >= 0.3 is 0 Å². The molecule has 0 amide bonds. The first-order chi connectivity index (χ1) is 34.9. The molecule has 1 aliphatic carbocycles. The molecule has 2 nitrogen and oxygen atoms in total. The fourth-order valence-electron chi connectivity index (χ4n) is 11.8. The van der Waals surface area contributed by atoms with Crippen molar-refractivity contribution in [2.75, 3.05) is 0 Å². The van der Waals surface area contributed by atoms with Crippen molar-refractivity contribution >= 4 is 53.6 Å². The maximum Gasteiger partial charge on any atom is 0.160 e. The Bertz CT molecular complexity index is 3360. The van der Waals surface area contributed by atoms with Gasteiger partial charge in [-0.15, -0.1) is 22.7 Å². The Morgan fingerprint density at radius 1 is 0.408 bits per heavy atom. The van der Waals surface area contributed by atoms with Crippen LogP contribution in [0.15, 0.2) is 158 Å². The normalized spacial score (nSPS) is 12.8. The Kier molecular flexibility index (Phi) is 13.9. The Hall–Kier alpha value is -6.20. The molecule has 356 valence electrons. The maximum absolute atomic E-state index is 5.69. The quantitative estimate of drug-likeness (QED) is 0.0755. The second-order valence-corrected chi connectivity index (χ2v) is 22.8. The van der Waals surface area contributed by atoms with Crippen LogP contribution in [-0.4, -0.2) is 9.97 Å². The number of unbranched alkanes of at least 4 members (excludes halogenated alkanes) is 10. The lowest BCUT2D eigenvalue weighted by atomic mass is 9.70. The van der Waals surface area contributed by atoms with E-state index in [1.165, 1.54) is 170 Å². The molecule has 10 aromatic rings. The highest BCUT2D eigenvalue weighted by Crippen LogP contribution is 2.55. The standard InChI is InChI=1S/C67H66N2S2/c1-5-7-9-11-13-19-35-67(36-20-14-12-10-8-6-2)59-37-45(3)31-33-57(59)58-34-32-49(42-60(58)67)61-43-62(63-44-65-64(71-63)38-46(4)70-65)69-66(68-61)52-40-50(55-29-21-25-47-23-15-17-27-53(47)55)39-51(41-52)56-30-22-26-48-24-16-18-28-54(48)56/h15-18,21-34,37-44H,5-14,19-20,35-36H2,1-4H3. The second kappa shape index (κ2) is 20.9. The first-order valence-corrected chi connectivity index (χ1v) is 28.3. The smallest absolute Gasteiger partial charge is 0.160 e. The number of rotatable bonds is 19. The number of hydrogen-bond acceptors (Lipinski definition) is 4. The van der Waals surface area contributed by atoms with Gasteiger partial charge in [0.05, 0.1) is 16.3 Å². The van der Waals surface area contributed by atoms with Crippen LogP contribution in [0.1, 0.15) is 125 Å². The average molecular weight is 963 g/mol. The van der Waals surface area contributed by atoms with Crippen LogP contribution in [0.25, 0.3) is 97.5 Å². The molecule has 0 fully saturated rings. The third kappa shape index (κ3) is 9.54. The topological polar surface area (TPSA) is 25.8 Å². The third-order valence-corrected chi connectivity index (χ3v) is 17.7. The molecular weight excluding hydrogens is 897 g/mol. The van der Waals surface area contributed by atoms with E-state index in [4.69, 9.17) is 9.97 Å². The molecule has 0 bridgehead atoms. The molecule has 0 saturated carbocycles. The van der Waals surface area contributed by atoms with Crippen molar-refractivity contribution in [3.63, 3.8) is 0 Å². The van der Waals surface area contributed by atoms with E-state index >= 15 is 0 Å². The Morgan fingerprint density at radius 3 is 1.58 bits per heavy atom. The molecule has 71 heavy (non-hydrogen) atoms. The lowest BCUT2D eigenvalue weighted by Gasteiger charge is -2.33. The number of hydrogen-bond donors (Lipinski definition) is 0. The molecular formula is C67H66N2S2. The van der Waals surface area contributed by atoms with Gasteiger partial charge in [-0.1, -0.05) is 212 Å². The molecule has 0 atom stereocenters. The molecule has 0 radical (unpaired) electrons. The van der Waals surface area contributed by atoms with Gasteiger partial charge in [0.2, 0.25) is 0 Å². The van der Waals surface area contributed by atoms with Gasteiger partial charge in [0.15, 0.2) is 5.82 Å². The van der Waals surface area contributed by atoms with Crippen molar-refractivity contribution in [3.8, 4) is 66.6 Å². The highest BCUT2D eigenvalue weighted by atomic mass is 32.1. The van der Waals surface area contributed by atoms with Gasteiger partial charge in [0, 0.05) is 30.8 Å². The SMILES string of the molecule is CCCCCCCCC1(CCCCCCCC)c2cc(C)ccc2-c2ccc(-c3cc(-c4cc5sc(C)cc5s4)nc(-c4cc(-c5cccc6ccccc56)cc(-c5cccc6ccccc56)c4)n3)cc21. The number of aryl methyl sites for hydroxylation is 2. The molecule has 0 aliphatic heterocycles. The van der Waals surface area contributed by atoms with Crippen molar-refractivity contribution in [1.29, 1.82) is 0 Å². The monoisotopic (exact) mass is 962 g/mol. The lowest BCUT2D eigenvalue weighted by Crippen LogP contribution is -2.25. The molecule has 3 aromatic heterocycles. The van der Waals surface area contributed by atoms with Crippen molar-refractivity contribution < 1.29 is 0 Å². The summed E-state index contributed by atoms with van der Waals surface area (Å²) in [7, 11) is 0. The van der Waals surface area contributed by atoms with E-state index in [0.29, 0.717) is 0 Å². The molecule has 11 rings (SSSR count). The summed E-state index contributed by atoms with van der Waals surface area (Å²) in [6.45, 7) is 9.14. The van der Waals surface area contributed by atoms with Gasteiger partial charge < -0.3 is 0 Å². The van der Waals surface area contributed by atoms with Crippen molar-refractivity contribution in [2.45, 2.75) is 123 Å². The summed E-state index contributed by atoms with van der Waals surface area (Å²) in [5.74, 6) is 0.749. The highest BCUT2D eigenvalue weighted by Gasteiger charge is 2.42. The van der Waals surface area contributed by atoms with Gasteiger partial charge in [-0.3, -0.25) is 0 Å². The molecule has 7 aromatic carbocycles. The third-order valence-electron chi connectivity index (χ3n) is 15.4. The predicted octanol–water partition coefficient (Wildman–Crippen LogP) is 20.8. The fraction of sp³-hybridized carbons (Fsp3) is 0.284. The van der Waals surface area contributed by atoms with Gasteiger partial charge in [-0.05, 0) is 135 Å². The van der Waals surface area contributed by atoms with E-state index in [9.17, 15) is 0 Å². The van der Waals surface area contributed by atoms with E-state index in [2.05, 4.69) is 185 Å². The molecule has 0 unspecified atom stereocenters. The average Bonchev–Trinajstić information content (AvgIpc) is 4.05. The van der Waals surface area contributed by atoms with Crippen LogP contribution in [0.5, 0.6) is 0 Å². The minimum Gasteiger partial charge on any atom is -0.228 e. The summed E-state index contributed by atoms with van der Waals surface area (Å²) in [5.41, 5.74) is 16.1. The highest BCUT2D eigenvalue weighted by molar-refractivity contribution is 7.29. The van der Waals surface area contributed by atoms with Gasteiger partial charge in [0.25, 0.3) is 0 Å². The predicted molar refractivity (Wildman–Crippen MR) is 309 cm³/mol. The number of benzene rings is 7. The Labute approximate surface area is 429 Å². The largest absolute Gasteiger partial charge is 0.228 e. The van der Waals surface area contributed by atoms with Crippen LogP contribution in [-0.2, 0) is 5.41 Å². The van der Waals surface area contributed by atoms with Crippen LogP contribution in [0.2, 0.25) is 0 Å². The summed E-state index contributed by atoms with van der Waals surface area (Å²) in [6, 6.07) is 59.5. The van der Waals surface area contributed by atoms with E-state index in [1.807, 2.05) is 22.7 Å². The summed E-state index contributed by atoms with van der Waals surface area (Å²) in [6.07, 6.45) is 18.0. The number of nitrogens with zero attached hydrogens (tertiary/aromatic N) is 2. The molecule has 3 heterocycles. The molecule has 0 N–H and O–H groups in total. The van der Waals surface area contributed by atoms with Crippen LogP contribution < -0.4 is 0 Å². The summed E-state index contributed by atoms with van der Waals surface area (Å²) in [4.78, 5) is 13.8. The van der Waals surface area contributed by atoms with Crippen LogP contribution >= 0.6 is 22.7 Å². The van der Waals surface area contributed by atoms with Crippen LogP contribution in [0, 0.1) is 13.8 Å². The Balaban J connectivity index is 1.09. The first-order valence-electron chi connectivity index (χ1n) is 26.7. The van der Waals surface area contributed by atoms with Crippen LogP contribution in [0.3, 0.4) is 0 Å². The number of thiophene rings is 2. The van der Waals surface area contributed by atoms with E-state index in [0.717, 1.165) is 33.9 Å². The fourth-order valence-corrected chi connectivity index (χ4v) is 14.1. The summed E-state index contributed by atoms with van der Waals surface area (Å²) >= 11 is 3.71. The second-order valence-electron chi connectivity index (χ2n) is 20.4. The van der Waals surface area contributed by atoms with E-state index in [-0.39, 0.29) is 5.41 Å². The summed E-state index contributed by atoms with van der Waals surface area (Å²) in [5, 5.41) is 4.93. The zero-order valence-corrected chi connectivity index (χ0v) is 43.8. The van der Waals surface area contributed by atoms with Gasteiger partial charge in [0.1, 0.15) is 0 Å². The van der Waals surface area contributed by atoms with Crippen molar-refractivity contribution in [1.82, 2.24) is 9.97 Å². The zero-order valence-electron chi connectivity index (χ0n) is 42.1. The van der Waals surface area contributed by atoms with E-state index in [1.54, 1.807) is 5.56 Å². The van der Waals surface area contributed by atoms with Crippen LogP contribution in [0.4, 0.5) is 0 Å². The lowest BCUT2D eigenvalue weighted by molar-refractivity contribution is 0.398. The molecule has 4 heteroatoms. The molecule has 0 spiro atoms. The zero-order chi connectivity index (χ0) is 48.3. The Morgan fingerprint density at radius 2 is 0.944 bits per heavy atom.